The van der Waals surface area contributed by atoms with Crippen molar-refractivity contribution in [1.29, 1.82) is 0 Å². The quantitative estimate of drug-likeness (QED) is 0.882. The van der Waals surface area contributed by atoms with Gasteiger partial charge in [-0.25, -0.2) is 8.42 Å². The van der Waals surface area contributed by atoms with Crippen molar-refractivity contribution in [2.24, 2.45) is 0 Å². The number of hydrogen-bond donors (Lipinski definition) is 1. The monoisotopic (exact) mass is 370 g/mol. The normalized spacial score (nSPS) is 17.4. The van der Waals surface area contributed by atoms with Gasteiger partial charge in [-0.15, -0.1) is 0 Å². The lowest BCUT2D eigenvalue weighted by Crippen LogP contribution is -2.46. The molecule has 21 heavy (non-hydrogen) atoms. The first kappa shape index (κ1) is 17.3. The number of nitrogens with one attached hydrogen (secondary N) is 1. The second-order valence-electron chi connectivity index (χ2n) is 4.89. The summed E-state index contributed by atoms with van der Waals surface area (Å²) >= 11 is 18.0. The van der Waals surface area contributed by atoms with Crippen molar-refractivity contribution >= 4 is 44.8 Å². The molecule has 1 aliphatic heterocycles. The van der Waals surface area contributed by atoms with Gasteiger partial charge in [-0.3, -0.25) is 0 Å². The first-order chi connectivity index (χ1) is 9.87. The molecular formula is C13H17Cl3N2O2S. The number of hydrogen-bond acceptors (Lipinski definition) is 3. The molecule has 1 fully saturated rings. The summed E-state index contributed by atoms with van der Waals surface area (Å²) in [6, 6.07) is 2.76. The molecule has 118 valence electrons. The van der Waals surface area contributed by atoms with E-state index in [0.717, 1.165) is 25.9 Å². The summed E-state index contributed by atoms with van der Waals surface area (Å²) in [5.41, 5.74) is 0. The van der Waals surface area contributed by atoms with Gasteiger partial charge in [0.1, 0.15) is 4.90 Å². The number of benzene rings is 1. The highest BCUT2D eigenvalue weighted by atomic mass is 35.5. The summed E-state index contributed by atoms with van der Waals surface area (Å²) in [6.45, 7) is 3.80. The Hall–Kier alpha value is -0.0400. The smallest absolute Gasteiger partial charge is 0.246 e. The van der Waals surface area contributed by atoms with Gasteiger partial charge in [-0.1, -0.05) is 41.7 Å². The molecular weight excluding hydrogens is 355 g/mol. The topological polar surface area (TPSA) is 49.4 Å². The van der Waals surface area contributed by atoms with Crippen LogP contribution in [0, 0.1) is 0 Å². The number of piperidine rings is 1. The maximum Gasteiger partial charge on any atom is 0.246 e. The molecule has 1 saturated heterocycles. The number of nitrogens with zero attached hydrogens (tertiary/aromatic N) is 1. The van der Waals surface area contributed by atoms with Crippen LogP contribution >= 0.6 is 34.8 Å². The standard InChI is InChI=1S/C13H17Cl3N2O2S/c1-2-18(10-3-5-17-6-4-10)21(19,20)13-11(15)7-9(14)8-12(13)16/h7-8,10,17H,2-6H2,1H3. The molecule has 0 bridgehead atoms. The van der Waals surface area contributed by atoms with Gasteiger partial charge in [0.15, 0.2) is 0 Å². The van der Waals surface area contributed by atoms with Crippen molar-refractivity contribution in [2.45, 2.75) is 30.7 Å². The summed E-state index contributed by atoms with van der Waals surface area (Å²) in [4.78, 5) is -0.0596. The van der Waals surface area contributed by atoms with E-state index in [1.807, 2.05) is 6.92 Å². The van der Waals surface area contributed by atoms with Crippen LogP contribution in [-0.4, -0.2) is 38.4 Å². The van der Waals surface area contributed by atoms with E-state index >= 15 is 0 Å². The first-order valence-corrected chi connectivity index (χ1v) is 9.32. The van der Waals surface area contributed by atoms with E-state index in [1.54, 1.807) is 0 Å². The minimum absolute atomic E-state index is 0.0379. The first-order valence-electron chi connectivity index (χ1n) is 6.75. The third kappa shape index (κ3) is 3.66. The Morgan fingerprint density at radius 3 is 2.19 bits per heavy atom. The molecule has 0 spiro atoms. The summed E-state index contributed by atoms with van der Waals surface area (Å²) in [5.74, 6) is 0. The van der Waals surface area contributed by atoms with E-state index in [1.165, 1.54) is 16.4 Å². The lowest BCUT2D eigenvalue weighted by atomic mass is 10.1. The lowest BCUT2D eigenvalue weighted by Gasteiger charge is -2.33. The molecule has 2 rings (SSSR count). The molecule has 1 aromatic rings. The Morgan fingerprint density at radius 1 is 1.19 bits per heavy atom. The van der Waals surface area contributed by atoms with Crippen molar-refractivity contribution in [3.8, 4) is 0 Å². The molecule has 0 aliphatic carbocycles. The number of rotatable bonds is 4. The zero-order chi connectivity index (χ0) is 15.6. The molecule has 0 amide bonds. The molecule has 0 atom stereocenters. The molecule has 0 aromatic heterocycles. The molecule has 1 aromatic carbocycles. The van der Waals surface area contributed by atoms with Gasteiger partial charge in [-0.05, 0) is 38.1 Å². The zero-order valence-electron chi connectivity index (χ0n) is 11.6. The van der Waals surface area contributed by atoms with E-state index in [0.29, 0.717) is 11.6 Å². The SMILES string of the molecule is CCN(C1CCNCC1)S(=O)(=O)c1c(Cl)cc(Cl)cc1Cl. The van der Waals surface area contributed by atoms with Crippen LogP contribution in [0.15, 0.2) is 17.0 Å². The van der Waals surface area contributed by atoms with Crippen LogP contribution in [0.2, 0.25) is 15.1 Å². The lowest BCUT2D eigenvalue weighted by molar-refractivity contribution is 0.271. The largest absolute Gasteiger partial charge is 0.317 e. The molecule has 0 unspecified atom stereocenters. The fourth-order valence-corrected chi connectivity index (χ4v) is 5.80. The molecule has 1 aliphatic rings. The van der Waals surface area contributed by atoms with Crippen LogP contribution in [0.25, 0.3) is 0 Å². The van der Waals surface area contributed by atoms with Gasteiger partial charge in [0.05, 0.1) is 10.0 Å². The molecule has 8 heteroatoms. The van der Waals surface area contributed by atoms with Crippen molar-refractivity contribution in [3.63, 3.8) is 0 Å². The third-order valence-electron chi connectivity index (χ3n) is 3.56. The maximum absolute atomic E-state index is 12.9. The molecule has 4 nitrogen and oxygen atoms in total. The van der Waals surface area contributed by atoms with Gasteiger partial charge in [0, 0.05) is 17.6 Å². The summed E-state index contributed by atoms with van der Waals surface area (Å²) in [6.07, 6.45) is 1.55. The van der Waals surface area contributed by atoms with Crippen LogP contribution < -0.4 is 5.32 Å². The Morgan fingerprint density at radius 2 is 1.71 bits per heavy atom. The van der Waals surface area contributed by atoms with Crippen molar-refractivity contribution in [2.75, 3.05) is 19.6 Å². The number of halogens is 3. The van der Waals surface area contributed by atoms with Gasteiger partial charge < -0.3 is 5.32 Å². The van der Waals surface area contributed by atoms with Gasteiger partial charge in [-0.2, -0.15) is 4.31 Å². The van der Waals surface area contributed by atoms with E-state index in [4.69, 9.17) is 34.8 Å². The summed E-state index contributed by atoms with van der Waals surface area (Å²) in [7, 11) is -3.75. The fraction of sp³-hybridized carbons (Fsp3) is 0.538. The summed E-state index contributed by atoms with van der Waals surface area (Å²) in [5, 5.41) is 3.65. The maximum atomic E-state index is 12.9. The van der Waals surface area contributed by atoms with Crippen LogP contribution in [-0.2, 0) is 10.0 Å². The second kappa shape index (κ2) is 7.02. The average molecular weight is 372 g/mol. The minimum atomic E-state index is -3.75. The van der Waals surface area contributed by atoms with Crippen LogP contribution in [0.5, 0.6) is 0 Å². The van der Waals surface area contributed by atoms with Crippen molar-refractivity contribution in [3.05, 3.63) is 27.2 Å². The van der Waals surface area contributed by atoms with E-state index < -0.39 is 10.0 Å². The van der Waals surface area contributed by atoms with Crippen LogP contribution in [0.4, 0.5) is 0 Å². The van der Waals surface area contributed by atoms with E-state index in [2.05, 4.69) is 5.32 Å². The Kier molecular flexibility index (Phi) is 5.79. The fourth-order valence-electron chi connectivity index (χ4n) is 2.61. The Balaban J connectivity index is 2.44. The van der Waals surface area contributed by atoms with E-state index in [-0.39, 0.29) is 21.0 Å². The highest BCUT2D eigenvalue weighted by molar-refractivity contribution is 7.89. The zero-order valence-corrected chi connectivity index (χ0v) is 14.7. The highest BCUT2D eigenvalue weighted by Gasteiger charge is 2.34. The molecule has 0 radical (unpaired) electrons. The van der Waals surface area contributed by atoms with Crippen LogP contribution in [0.1, 0.15) is 19.8 Å². The average Bonchev–Trinajstić information content (AvgIpc) is 2.38. The predicted octanol–water partition coefficient (Wildman–Crippen LogP) is 3.41. The van der Waals surface area contributed by atoms with Crippen molar-refractivity contribution < 1.29 is 8.42 Å². The van der Waals surface area contributed by atoms with Crippen LogP contribution in [0.3, 0.4) is 0 Å². The summed E-state index contributed by atoms with van der Waals surface area (Å²) < 4.78 is 27.3. The van der Waals surface area contributed by atoms with Gasteiger partial charge >= 0.3 is 0 Å². The predicted molar refractivity (Wildman–Crippen MR) is 86.9 cm³/mol. The second-order valence-corrected chi connectivity index (χ2v) is 7.97. The Labute approximate surface area is 140 Å². The van der Waals surface area contributed by atoms with Gasteiger partial charge in [0.2, 0.25) is 10.0 Å². The van der Waals surface area contributed by atoms with Gasteiger partial charge in [0.25, 0.3) is 0 Å². The third-order valence-corrected chi connectivity index (χ3v) is 6.73. The highest BCUT2D eigenvalue weighted by Crippen LogP contribution is 2.35. The number of sulfonamides is 1. The molecule has 0 saturated carbocycles. The molecule has 1 N–H and O–H groups in total. The molecule has 1 heterocycles. The Bertz CT molecular complexity index is 593. The minimum Gasteiger partial charge on any atom is -0.317 e. The van der Waals surface area contributed by atoms with Crippen molar-refractivity contribution in [1.82, 2.24) is 9.62 Å². The van der Waals surface area contributed by atoms with E-state index in [9.17, 15) is 8.42 Å².